The summed E-state index contributed by atoms with van der Waals surface area (Å²) < 4.78 is 2.21. The molecule has 3 aromatic rings. The van der Waals surface area contributed by atoms with Gasteiger partial charge in [0.25, 0.3) is 0 Å². The van der Waals surface area contributed by atoms with E-state index in [4.69, 9.17) is 11.6 Å². The fourth-order valence-electron chi connectivity index (χ4n) is 2.63. The molecule has 1 amide bonds. The van der Waals surface area contributed by atoms with Crippen LogP contribution in [0.2, 0.25) is 5.02 Å². The van der Waals surface area contributed by atoms with Crippen molar-refractivity contribution in [3.63, 3.8) is 0 Å². The topological polar surface area (TPSA) is 34.0 Å². The first-order valence-corrected chi connectivity index (χ1v) is 8.36. The molecule has 0 fully saturated rings. The van der Waals surface area contributed by atoms with E-state index < -0.39 is 0 Å². The van der Waals surface area contributed by atoms with Crippen LogP contribution in [0.3, 0.4) is 0 Å². The molecule has 0 radical (unpaired) electrons. The summed E-state index contributed by atoms with van der Waals surface area (Å²) in [6, 6.07) is 17.9. The first kappa shape index (κ1) is 16.3. The minimum Gasteiger partial charge on any atom is -0.352 e. The fraction of sp³-hybridized carbons (Fsp3) is 0.150. The Morgan fingerprint density at radius 1 is 1.08 bits per heavy atom. The molecule has 0 spiro atoms. The summed E-state index contributed by atoms with van der Waals surface area (Å²) >= 11 is 6.05. The van der Waals surface area contributed by atoms with Gasteiger partial charge in [0.1, 0.15) is 0 Å². The highest BCUT2D eigenvalue weighted by atomic mass is 35.5. The van der Waals surface area contributed by atoms with Crippen LogP contribution in [-0.4, -0.2) is 17.0 Å². The Morgan fingerprint density at radius 3 is 2.75 bits per heavy atom. The normalized spacial score (nSPS) is 11.2. The predicted molar refractivity (Wildman–Crippen MR) is 100 cm³/mol. The van der Waals surface area contributed by atoms with Crippen LogP contribution in [0.1, 0.15) is 12.0 Å². The quantitative estimate of drug-likeness (QED) is 0.520. The lowest BCUT2D eigenvalue weighted by molar-refractivity contribution is -0.116. The summed E-state index contributed by atoms with van der Waals surface area (Å²) in [5, 5.41) is 4.78. The van der Waals surface area contributed by atoms with Crippen molar-refractivity contribution in [3.8, 4) is 0 Å². The molecule has 122 valence electrons. The first-order chi connectivity index (χ1) is 11.7. The van der Waals surface area contributed by atoms with Crippen molar-refractivity contribution in [2.45, 2.75) is 13.0 Å². The second-order valence-corrected chi connectivity index (χ2v) is 5.97. The van der Waals surface area contributed by atoms with Crippen molar-refractivity contribution in [3.05, 3.63) is 77.5 Å². The van der Waals surface area contributed by atoms with E-state index >= 15 is 0 Å². The third-order valence-electron chi connectivity index (χ3n) is 3.87. The maximum absolute atomic E-state index is 11.9. The van der Waals surface area contributed by atoms with Crippen LogP contribution in [0, 0.1) is 0 Å². The predicted octanol–water partition coefficient (Wildman–Crippen LogP) is 4.51. The SMILES string of the molecule is O=C(C=Cc1ccccc1Cl)NCCCn1ccc2ccccc21. The second kappa shape index (κ2) is 7.84. The number of hydrogen-bond donors (Lipinski definition) is 1. The molecule has 0 aliphatic carbocycles. The van der Waals surface area contributed by atoms with Gasteiger partial charge < -0.3 is 9.88 Å². The molecule has 0 atom stereocenters. The number of halogens is 1. The number of nitrogens with one attached hydrogen (secondary N) is 1. The molecule has 1 aromatic heterocycles. The number of nitrogens with zero attached hydrogens (tertiary/aromatic N) is 1. The van der Waals surface area contributed by atoms with Gasteiger partial charge in [-0.3, -0.25) is 4.79 Å². The number of fused-ring (bicyclic) bond motifs is 1. The van der Waals surface area contributed by atoms with Gasteiger partial charge in [0.15, 0.2) is 0 Å². The van der Waals surface area contributed by atoms with Crippen LogP contribution in [0.5, 0.6) is 0 Å². The van der Waals surface area contributed by atoms with Gasteiger partial charge in [-0.1, -0.05) is 48.0 Å². The number of para-hydroxylation sites is 1. The largest absolute Gasteiger partial charge is 0.352 e. The molecule has 3 nitrogen and oxygen atoms in total. The van der Waals surface area contributed by atoms with Gasteiger partial charge in [-0.05, 0) is 41.6 Å². The van der Waals surface area contributed by atoms with E-state index in [1.54, 1.807) is 12.1 Å². The Labute approximate surface area is 146 Å². The molecule has 1 heterocycles. The van der Waals surface area contributed by atoms with E-state index in [0.717, 1.165) is 18.5 Å². The highest BCUT2D eigenvalue weighted by Gasteiger charge is 2.00. The number of carbonyl (C=O) groups is 1. The molecule has 0 bridgehead atoms. The Balaban J connectivity index is 1.46. The number of amides is 1. The molecular formula is C20H19ClN2O. The van der Waals surface area contributed by atoms with Crippen LogP contribution >= 0.6 is 11.6 Å². The molecule has 2 aromatic carbocycles. The van der Waals surface area contributed by atoms with Gasteiger partial charge in [-0.15, -0.1) is 0 Å². The average molecular weight is 339 g/mol. The zero-order chi connectivity index (χ0) is 16.8. The van der Waals surface area contributed by atoms with E-state index in [-0.39, 0.29) is 5.91 Å². The third kappa shape index (κ3) is 4.06. The Morgan fingerprint density at radius 2 is 1.88 bits per heavy atom. The van der Waals surface area contributed by atoms with Crippen LogP contribution in [-0.2, 0) is 11.3 Å². The van der Waals surface area contributed by atoms with E-state index in [1.165, 1.54) is 17.0 Å². The summed E-state index contributed by atoms with van der Waals surface area (Å²) in [7, 11) is 0. The molecule has 4 heteroatoms. The van der Waals surface area contributed by atoms with Crippen LogP contribution < -0.4 is 5.32 Å². The Hall–Kier alpha value is -2.52. The van der Waals surface area contributed by atoms with Crippen LogP contribution in [0.15, 0.2) is 66.9 Å². The highest BCUT2D eigenvalue weighted by molar-refractivity contribution is 6.32. The lowest BCUT2D eigenvalue weighted by Crippen LogP contribution is -2.23. The number of hydrogen-bond acceptors (Lipinski definition) is 1. The van der Waals surface area contributed by atoms with Crippen molar-refractivity contribution in [2.75, 3.05) is 6.54 Å². The molecule has 0 aliphatic heterocycles. The summed E-state index contributed by atoms with van der Waals surface area (Å²) in [6.45, 7) is 1.51. The molecular weight excluding hydrogens is 320 g/mol. The number of aryl methyl sites for hydroxylation is 1. The van der Waals surface area contributed by atoms with Crippen molar-refractivity contribution >= 4 is 34.5 Å². The maximum Gasteiger partial charge on any atom is 0.244 e. The number of carbonyl (C=O) groups excluding carboxylic acids is 1. The van der Waals surface area contributed by atoms with Crippen molar-refractivity contribution in [2.24, 2.45) is 0 Å². The van der Waals surface area contributed by atoms with Crippen molar-refractivity contribution < 1.29 is 4.79 Å². The molecule has 0 unspecified atom stereocenters. The Bertz CT molecular complexity index is 867. The fourth-order valence-corrected chi connectivity index (χ4v) is 2.83. The van der Waals surface area contributed by atoms with Crippen molar-refractivity contribution in [1.29, 1.82) is 0 Å². The van der Waals surface area contributed by atoms with Gasteiger partial charge >= 0.3 is 0 Å². The van der Waals surface area contributed by atoms with Gasteiger partial charge in [-0.25, -0.2) is 0 Å². The highest BCUT2D eigenvalue weighted by Crippen LogP contribution is 2.16. The van der Waals surface area contributed by atoms with Crippen LogP contribution in [0.4, 0.5) is 0 Å². The lowest BCUT2D eigenvalue weighted by atomic mass is 10.2. The monoisotopic (exact) mass is 338 g/mol. The Kier molecular flexibility index (Phi) is 5.34. The number of benzene rings is 2. The van der Waals surface area contributed by atoms with E-state index in [9.17, 15) is 4.79 Å². The summed E-state index contributed by atoms with van der Waals surface area (Å²) in [5.74, 6) is -0.104. The van der Waals surface area contributed by atoms with Crippen LogP contribution in [0.25, 0.3) is 17.0 Å². The molecule has 0 aliphatic rings. The van der Waals surface area contributed by atoms with Gasteiger partial charge in [-0.2, -0.15) is 0 Å². The number of aromatic nitrogens is 1. The molecule has 1 N–H and O–H groups in total. The van der Waals surface area contributed by atoms with E-state index in [1.807, 2.05) is 30.3 Å². The van der Waals surface area contributed by atoms with Gasteiger partial charge in [0.05, 0.1) is 0 Å². The van der Waals surface area contributed by atoms with E-state index in [2.05, 4.69) is 34.3 Å². The zero-order valence-corrected chi connectivity index (χ0v) is 14.0. The third-order valence-corrected chi connectivity index (χ3v) is 4.22. The smallest absolute Gasteiger partial charge is 0.244 e. The molecule has 3 rings (SSSR count). The van der Waals surface area contributed by atoms with E-state index in [0.29, 0.717) is 11.6 Å². The number of rotatable bonds is 6. The summed E-state index contributed by atoms with van der Waals surface area (Å²) in [5.41, 5.74) is 2.07. The first-order valence-electron chi connectivity index (χ1n) is 7.98. The summed E-state index contributed by atoms with van der Waals surface area (Å²) in [6.07, 6.45) is 6.22. The molecule has 24 heavy (non-hydrogen) atoms. The molecule has 0 saturated carbocycles. The minimum absolute atomic E-state index is 0.104. The standard InChI is InChI=1S/C20H19ClN2O/c21-18-8-3-1-6-16(18)10-11-20(24)22-13-5-14-23-15-12-17-7-2-4-9-19(17)23/h1-4,6-12,15H,5,13-14H2,(H,22,24). The zero-order valence-electron chi connectivity index (χ0n) is 13.3. The van der Waals surface area contributed by atoms with Gasteiger partial charge in [0, 0.05) is 35.9 Å². The summed E-state index contributed by atoms with van der Waals surface area (Å²) in [4.78, 5) is 11.9. The second-order valence-electron chi connectivity index (χ2n) is 5.57. The molecule has 0 saturated heterocycles. The average Bonchev–Trinajstić information content (AvgIpc) is 3.01. The van der Waals surface area contributed by atoms with Gasteiger partial charge in [0.2, 0.25) is 5.91 Å². The lowest BCUT2D eigenvalue weighted by Gasteiger charge is -2.06. The minimum atomic E-state index is -0.104. The maximum atomic E-state index is 11.9. The van der Waals surface area contributed by atoms with Crippen molar-refractivity contribution in [1.82, 2.24) is 9.88 Å².